The first-order chi connectivity index (χ1) is 28.8. The molecular weight excluding hydrogens is 711 g/mol. The fourth-order valence-corrected chi connectivity index (χ4v) is 9.01. The number of allylic oxidation sites excluding steroid dienone is 5. The highest BCUT2D eigenvalue weighted by molar-refractivity contribution is 6.14. The molecule has 2 aliphatic rings. The molecule has 0 fully saturated rings. The van der Waals surface area contributed by atoms with Gasteiger partial charge in [0.1, 0.15) is 16.9 Å². The summed E-state index contributed by atoms with van der Waals surface area (Å²) in [6.45, 7) is 0. The van der Waals surface area contributed by atoms with Crippen molar-refractivity contribution in [1.82, 2.24) is 24.1 Å². The summed E-state index contributed by atoms with van der Waals surface area (Å²) in [6.07, 6.45) is 13.7. The van der Waals surface area contributed by atoms with Gasteiger partial charge in [0.15, 0.2) is 17.5 Å². The summed E-state index contributed by atoms with van der Waals surface area (Å²) in [4.78, 5) is 15.8. The van der Waals surface area contributed by atoms with Gasteiger partial charge in [0.2, 0.25) is 0 Å². The summed E-state index contributed by atoms with van der Waals surface area (Å²) >= 11 is 0. The van der Waals surface area contributed by atoms with Gasteiger partial charge in [0.25, 0.3) is 0 Å². The van der Waals surface area contributed by atoms with E-state index >= 15 is 0 Å². The van der Waals surface area contributed by atoms with Crippen LogP contribution in [-0.4, -0.2) is 24.1 Å². The van der Waals surface area contributed by atoms with Gasteiger partial charge >= 0.3 is 0 Å². The van der Waals surface area contributed by atoms with E-state index in [4.69, 9.17) is 19.4 Å². The molecule has 272 valence electrons. The van der Waals surface area contributed by atoms with Crippen LogP contribution in [0.3, 0.4) is 0 Å². The van der Waals surface area contributed by atoms with Crippen molar-refractivity contribution in [1.29, 1.82) is 0 Å². The van der Waals surface area contributed by atoms with Crippen LogP contribution in [0.1, 0.15) is 30.5 Å². The van der Waals surface area contributed by atoms with E-state index in [0.29, 0.717) is 23.9 Å². The maximum atomic E-state index is 6.31. The Bertz CT molecular complexity index is 3490. The van der Waals surface area contributed by atoms with Crippen molar-refractivity contribution in [2.45, 2.75) is 19.3 Å². The average Bonchev–Trinajstić information content (AvgIpc) is 3.87. The van der Waals surface area contributed by atoms with Gasteiger partial charge < -0.3 is 8.98 Å². The van der Waals surface area contributed by atoms with Crippen LogP contribution in [-0.2, 0) is 0 Å². The van der Waals surface area contributed by atoms with E-state index in [2.05, 4.69) is 136 Å². The Morgan fingerprint density at radius 1 is 0.569 bits per heavy atom. The summed E-state index contributed by atoms with van der Waals surface area (Å²) in [5, 5.41) is 5.50. The number of furan rings is 1. The number of rotatable bonds is 5. The van der Waals surface area contributed by atoms with Crippen LogP contribution in [0.2, 0.25) is 0 Å². The lowest BCUT2D eigenvalue weighted by Gasteiger charge is -2.17. The quantitative estimate of drug-likeness (QED) is 0.165. The SMILES string of the molecule is C1#Cc2c(c3c(-c4nc(-c5ccccc5)nc(-c5cccc6oc7ccccc7c56)n4)cccc3n2-c2cccc3c4ccccc4n(C4=CC=CCC4)c23)C=CC1. The number of nitrogens with zero attached hydrogens (tertiary/aromatic N) is 5. The molecule has 0 saturated heterocycles. The standard InChI is InChI=1S/C52H33N5O/c1-4-17-33(18-5-1)50-53-51(55-52(54-50)40-26-16-32-46-48(40)38-23-11-13-31-45(38)58-46)39-25-15-29-43-47(39)37-22-8-3-9-27-42(37)57(43)44-30-14-24-36-35-21-10-12-28-41(35)56(49(36)44)34-19-6-2-7-20-34/h1-2,4-6,8,10-19,21-26,28-32H,3,7,20H2. The molecule has 4 heterocycles. The van der Waals surface area contributed by atoms with Crippen LogP contribution >= 0.6 is 0 Å². The van der Waals surface area contributed by atoms with Gasteiger partial charge in [-0.2, -0.15) is 0 Å². The van der Waals surface area contributed by atoms with Crippen molar-refractivity contribution in [3.8, 4) is 51.7 Å². The minimum absolute atomic E-state index is 0.586. The first kappa shape index (κ1) is 32.5. The van der Waals surface area contributed by atoms with Crippen molar-refractivity contribution < 1.29 is 4.42 Å². The Morgan fingerprint density at radius 2 is 1.28 bits per heavy atom. The van der Waals surface area contributed by atoms with Gasteiger partial charge in [-0.3, -0.25) is 4.57 Å². The molecule has 6 nitrogen and oxygen atoms in total. The number of hydrogen-bond acceptors (Lipinski definition) is 4. The Morgan fingerprint density at radius 3 is 2.14 bits per heavy atom. The molecule has 0 unspecified atom stereocenters. The molecule has 10 aromatic rings. The second-order valence-corrected chi connectivity index (χ2v) is 14.8. The molecule has 6 aromatic carbocycles. The molecule has 0 saturated carbocycles. The molecule has 0 amide bonds. The largest absolute Gasteiger partial charge is 0.456 e. The molecule has 0 N–H and O–H groups in total. The lowest BCUT2D eigenvalue weighted by atomic mass is 10.0. The van der Waals surface area contributed by atoms with Crippen LogP contribution in [0.15, 0.2) is 162 Å². The van der Waals surface area contributed by atoms with E-state index in [0.717, 1.165) is 79.3 Å². The van der Waals surface area contributed by atoms with E-state index in [-0.39, 0.29) is 0 Å². The van der Waals surface area contributed by atoms with Crippen LogP contribution in [0.4, 0.5) is 0 Å². The minimum Gasteiger partial charge on any atom is -0.456 e. The normalized spacial score (nSPS) is 13.6. The van der Waals surface area contributed by atoms with Crippen LogP contribution in [0.5, 0.6) is 0 Å². The first-order valence-corrected chi connectivity index (χ1v) is 19.7. The van der Waals surface area contributed by atoms with Crippen molar-refractivity contribution in [3.05, 3.63) is 169 Å². The highest BCUT2D eigenvalue weighted by Gasteiger charge is 2.26. The lowest BCUT2D eigenvalue weighted by molar-refractivity contribution is 0.669. The smallest absolute Gasteiger partial charge is 0.164 e. The zero-order valence-corrected chi connectivity index (χ0v) is 31.4. The number of aromatic nitrogens is 5. The topological polar surface area (TPSA) is 61.7 Å². The van der Waals surface area contributed by atoms with Crippen molar-refractivity contribution in [3.63, 3.8) is 0 Å². The van der Waals surface area contributed by atoms with E-state index in [1.807, 2.05) is 48.5 Å². The first-order valence-electron chi connectivity index (χ1n) is 19.7. The van der Waals surface area contributed by atoms with E-state index < -0.39 is 0 Å². The zero-order valence-electron chi connectivity index (χ0n) is 31.4. The molecule has 58 heavy (non-hydrogen) atoms. The Hall–Kier alpha value is -7.75. The van der Waals surface area contributed by atoms with Gasteiger partial charge in [-0.15, -0.1) is 0 Å². The fourth-order valence-electron chi connectivity index (χ4n) is 9.01. The zero-order chi connectivity index (χ0) is 38.2. The highest BCUT2D eigenvalue weighted by atomic mass is 16.3. The predicted molar refractivity (Wildman–Crippen MR) is 236 cm³/mol. The predicted octanol–water partition coefficient (Wildman–Crippen LogP) is 12.8. The van der Waals surface area contributed by atoms with Crippen molar-refractivity contribution >= 4 is 66.4 Å². The molecule has 2 aliphatic carbocycles. The molecule has 0 spiro atoms. The molecule has 0 radical (unpaired) electrons. The maximum absolute atomic E-state index is 6.31. The third kappa shape index (κ3) is 4.90. The minimum atomic E-state index is 0.586. The number of benzene rings is 6. The van der Waals surface area contributed by atoms with Gasteiger partial charge in [0, 0.05) is 61.3 Å². The number of para-hydroxylation sites is 3. The monoisotopic (exact) mass is 743 g/mol. The molecular formula is C52H33N5O. The van der Waals surface area contributed by atoms with E-state index in [1.54, 1.807) is 0 Å². The van der Waals surface area contributed by atoms with E-state index in [1.165, 1.54) is 27.5 Å². The van der Waals surface area contributed by atoms with Crippen molar-refractivity contribution in [2.24, 2.45) is 0 Å². The molecule has 0 aliphatic heterocycles. The van der Waals surface area contributed by atoms with Crippen LogP contribution in [0, 0.1) is 11.8 Å². The fraction of sp³-hybridized carbons (Fsp3) is 0.0577. The average molecular weight is 744 g/mol. The van der Waals surface area contributed by atoms with Crippen LogP contribution in [0.25, 0.3) is 106 Å². The second-order valence-electron chi connectivity index (χ2n) is 14.8. The van der Waals surface area contributed by atoms with Gasteiger partial charge in [0.05, 0.1) is 22.2 Å². The third-order valence-electron chi connectivity index (χ3n) is 11.5. The molecule has 12 rings (SSSR count). The van der Waals surface area contributed by atoms with Gasteiger partial charge in [-0.05, 0) is 55.2 Å². The van der Waals surface area contributed by atoms with Crippen LogP contribution < -0.4 is 0 Å². The molecule has 0 atom stereocenters. The Balaban J connectivity index is 1.16. The number of hydrogen-bond donors (Lipinski definition) is 0. The Labute approximate surface area is 333 Å². The summed E-state index contributed by atoms with van der Waals surface area (Å²) in [5.74, 6) is 8.84. The third-order valence-corrected chi connectivity index (χ3v) is 11.5. The van der Waals surface area contributed by atoms with Gasteiger partial charge in [-0.1, -0.05) is 133 Å². The highest BCUT2D eigenvalue weighted by Crippen LogP contribution is 2.43. The van der Waals surface area contributed by atoms with Crippen molar-refractivity contribution in [2.75, 3.05) is 0 Å². The molecule has 6 heteroatoms. The lowest BCUT2D eigenvalue weighted by Crippen LogP contribution is -2.04. The summed E-state index contributed by atoms with van der Waals surface area (Å²) < 4.78 is 11.2. The Kier molecular flexibility index (Phi) is 7.23. The molecule has 0 bridgehead atoms. The summed E-state index contributed by atoms with van der Waals surface area (Å²) in [5.41, 5.74) is 12.1. The summed E-state index contributed by atoms with van der Waals surface area (Å²) in [6, 6.07) is 46.3. The summed E-state index contributed by atoms with van der Waals surface area (Å²) in [7, 11) is 0. The second kappa shape index (κ2) is 12.9. The molecule has 4 aromatic heterocycles. The van der Waals surface area contributed by atoms with E-state index in [9.17, 15) is 0 Å². The number of fused-ring (bicyclic) bond motifs is 9. The van der Waals surface area contributed by atoms with Gasteiger partial charge in [-0.25, -0.2) is 15.0 Å². The maximum Gasteiger partial charge on any atom is 0.164 e.